The van der Waals surface area contributed by atoms with Crippen LogP contribution >= 0.6 is 0 Å². The monoisotopic (exact) mass is 485 g/mol. The Balaban J connectivity index is 1.75. The summed E-state index contributed by atoms with van der Waals surface area (Å²) in [5.74, 6) is -1.07. The smallest absolute Gasteiger partial charge is 0.269 e. The molecule has 6 rings (SSSR count). The van der Waals surface area contributed by atoms with Gasteiger partial charge in [-0.25, -0.2) is 4.39 Å². The SMILES string of the molecule is O=C1N(C(c2ccccc2)(c2ccccc2)c2ccccc2)c2ccc(F)cc2C1(O)c1ccccc1. The Morgan fingerprint density at radius 2 is 1.05 bits per heavy atom. The third kappa shape index (κ3) is 3.34. The molecule has 0 radical (unpaired) electrons. The Morgan fingerprint density at radius 3 is 1.51 bits per heavy atom. The standard InChI is InChI=1S/C33H24FNO2/c34-28-21-22-30-29(23-28)33(37,27-19-11-4-12-20-27)31(36)35(30)32(24-13-5-1-6-14-24,25-15-7-2-8-16-25)26-17-9-3-10-18-26/h1-23,37H. The summed E-state index contributed by atoms with van der Waals surface area (Å²) in [6.45, 7) is 0. The Kier molecular flexibility index (Phi) is 5.47. The molecule has 1 heterocycles. The number of fused-ring (bicyclic) bond motifs is 1. The number of hydrogen-bond acceptors (Lipinski definition) is 2. The zero-order chi connectivity index (χ0) is 25.5. The molecule has 4 heteroatoms. The van der Waals surface area contributed by atoms with E-state index >= 15 is 0 Å². The fourth-order valence-electron chi connectivity index (χ4n) is 5.60. The molecule has 1 unspecified atom stereocenters. The lowest BCUT2D eigenvalue weighted by Gasteiger charge is -2.44. The van der Waals surface area contributed by atoms with Crippen LogP contribution in [0.4, 0.5) is 10.1 Å². The highest BCUT2D eigenvalue weighted by Gasteiger charge is 2.58. The normalized spacial score (nSPS) is 17.0. The molecule has 180 valence electrons. The Bertz CT molecular complexity index is 1460. The average Bonchev–Trinajstić information content (AvgIpc) is 3.19. The Morgan fingerprint density at radius 1 is 0.622 bits per heavy atom. The van der Waals surface area contributed by atoms with E-state index in [0.29, 0.717) is 11.3 Å². The molecular weight excluding hydrogens is 461 g/mol. The molecule has 1 aliphatic heterocycles. The maximum atomic E-state index is 14.7. The maximum Gasteiger partial charge on any atom is 0.269 e. The first-order valence-electron chi connectivity index (χ1n) is 12.2. The van der Waals surface area contributed by atoms with Gasteiger partial charge in [-0.05, 0) is 40.5 Å². The number of rotatable bonds is 5. The lowest BCUT2D eigenvalue weighted by molar-refractivity contribution is -0.133. The third-order valence-electron chi connectivity index (χ3n) is 7.20. The van der Waals surface area contributed by atoms with Gasteiger partial charge in [-0.2, -0.15) is 0 Å². The van der Waals surface area contributed by atoms with Crippen LogP contribution in [0.5, 0.6) is 0 Å². The zero-order valence-electron chi connectivity index (χ0n) is 20.0. The van der Waals surface area contributed by atoms with Crippen molar-refractivity contribution in [3.8, 4) is 0 Å². The predicted molar refractivity (Wildman–Crippen MR) is 143 cm³/mol. The molecule has 0 aliphatic carbocycles. The molecule has 0 aromatic heterocycles. The first-order valence-corrected chi connectivity index (χ1v) is 12.2. The van der Waals surface area contributed by atoms with Gasteiger partial charge < -0.3 is 5.11 Å². The summed E-state index contributed by atoms with van der Waals surface area (Å²) < 4.78 is 14.7. The molecule has 0 fully saturated rings. The van der Waals surface area contributed by atoms with Crippen molar-refractivity contribution in [1.29, 1.82) is 0 Å². The van der Waals surface area contributed by atoms with Crippen molar-refractivity contribution >= 4 is 11.6 Å². The number of aliphatic hydroxyl groups is 1. The summed E-state index contributed by atoms with van der Waals surface area (Å²) in [4.78, 5) is 16.4. The largest absolute Gasteiger partial charge is 0.372 e. The van der Waals surface area contributed by atoms with Gasteiger partial charge in [0.15, 0.2) is 5.60 Å². The molecule has 0 saturated heterocycles. The molecule has 3 nitrogen and oxygen atoms in total. The number of carbonyl (C=O) groups excluding carboxylic acids is 1. The summed E-state index contributed by atoms with van der Waals surface area (Å²) in [6.07, 6.45) is 0. The van der Waals surface area contributed by atoms with E-state index in [4.69, 9.17) is 0 Å². The van der Waals surface area contributed by atoms with E-state index in [1.165, 1.54) is 12.1 Å². The summed E-state index contributed by atoms with van der Waals surface area (Å²) in [6, 6.07) is 42.2. The van der Waals surface area contributed by atoms with Crippen LogP contribution in [0.1, 0.15) is 27.8 Å². The van der Waals surface area contributed by atoms with Crippen LogP contribution in [0.3, 0.4) is 0 Å². The van der Waals surface area contributed by atoms with E-state index in [0.717, 1.165) is 16.7 Å². The summed E-state index contributed by atoms with van der Waals surface area (Å²) >= 11 is 0. The van der Waals surface area contributed by atoms with E-state index in [2.05, 4.69) is 0 Å². The third-order valence-corrected chi connectivity index (χ3v) is 7.20. The Hall–Kier alpha value is -4.54. The minimum Gasteiger partial charge on any atom is -0.372 e. The highest BCUT2D eigenvalue weighted by atomic mass is 19.1. The second-order valence-corrected chi connectivity index (χ2v) is 9.19. The number of nitrogens with zero attached hydrogens (tertiary/aromatic N) is 1. The lowest BCUT2D eigenvalue weighted by atomic mass is 9.75. The molecule has 5 aromatic carbocycles. The van der Waals surface area contributed by atoms with Crippen LogP contribution in [-0.4, -0.2) is 11.0 Å². The first kappa shape index (κ1) is 22.9. The van der Waals surface area contributed by atoms with Gasteiger partial charge in [-0.15, -0.1) is 0 Å². The van der Waals surface area contributed by atoms with Gasteiger partial charge in [0.1, 0.15) is 11.4 Å². The van der Waals surface area contributed by atoms with Gasteiger partial charge in [0.2, 0.25) is 0 Å². The van der Waals surface area contributed by atoms with Gasteiger partial charge in [-0.3, -0.25) is 9.69 Å². The van der Waals surface area contributed by atoms with Crippen LogP contribution in [0.2, 0.25) is 0 Å². The second-order valence-electron chi connectivity index (χ2n) is 9.19. The number of amides is 1. The molecule has 1 N–H and O–H groups in total. The summed E-state index contributed by atoms with van der Waals surface area (Å²) in [5.41, 5.74) is 0.368. The second kappa shape index (κ2) is 8.84. The fourth-order valence-corrected chi connectivity index (χ4v) is 5.60. The average molecular weight is 486 g/mol. The highest BCUT2D eigenvalue weighted by Crippen LogP contribution is 2.53. The summed E-state index contributed by atoms with van der Waals surface area (Å²) in [5, 5.41) is 12.2. The van der Waals surface area contributed by atoms with Gasteiger partial charge in [0.05, 0.1) is 5.69 Å². The van der Waals surface area contributed by atoms with Crippen molar-refractivity contribution in [2.24, 2.45) is 0 Å². The number of halogens is 1. The first-order chi connectivity index (χ1) is 18.1. The maximum absolute atomic E-state index is 14.7. The van der Waals surface area contributed by atoms with Crippen molar-refractivity contribution in [1.82, 2.24) is 0 Å². The number of hydrogen-bond donors (Lipinski definition) is 1. The summed E-state index contributed by atoms with van der Waals surface area (Å²) in [7, 11) is 0. The van der Waals surface area contributed by atoms with E-state index < -0.39 is 22.9 Å². The molecule has 1 aliphatic rings. The number of anilines is 1. The molecule has 5 aromatic rings. The predicted octanol–water partition coefficient (Wildman–Crippen LogP) is 6.40. The van der Waals surface area contributed by atoms with Crippen molar-refractivity contribution in [2.75, 3.05) is 4.90 Å². The van der Waals surface area contributed by atoms with Crippen molar-refractivity contribution < 1.29 is 14.3 Å². The van der Waals surface area contributed by atoms with Gasteiger partial charge >= 0.3 is 0 Å². The molecule has 1 amide bonds. The zero-order valence-corrected chi connectivity index (χ0v) is 20.0. The molecule has 0 saturated carbocycles. The molecule has 0 bridgehead atoms. The van der Waals surface area contributed by atoms with Crippen LogP contribution in [0.25, 0.3) is 0 Å². The molecular formula is C33H24FNO2. The topological polar surface area (TPSA) is 40.5 Å². The fraction of sp³-hybridized carbons (Fsp3) is 0.0606. The minimum absolute atomic E-state index is 0.218. The van der Waals surface area contributed by atoms with Crippen LogP contribution in [0.15, 0.2) is 140 Å². The molecule has 0 spiro atoms. The van der Waals surface area contributed by atoms with E-state index in [1.54, 1.807) is 35.2 Å². The van der Waals surface area contributed by atoms with Crippen LogP contribution in [0, 0.1) is 5.82 Å². The quantitative estimate of drug-likeness (QED) is 0.293. The molecule has 1 atom stereocenters. The highest BCUT2D eigenvalue weighted by molar-refractivity contribution is 6.11. The van der Waals surface area contributed by atoms with E-state index in [-0.39, 0.29) is 5.56 Å². The van der Waals surface area contributed by atoms with Crippen molar-refractivity contribution in [3.63, 3.8) is 0 Å². The Labute approximate surface area is 215 Å². The minimum atomic E-state index is -2.07. The van der Waals surface area contributed by atoms with Crippen molar-refractivity contribution in [2.45, 2.75) is 11.1 Å². The van der Waals surface area contributed by atoms with Crippen LogP contribution < -0.4 is 4.90 Å². The van der Waals surface area contributed by atoms with E-state index in [1.807, 2.05) is 97.1 Å². The van der Waals surface area contributed by atoms with Gasteiger partial charge in [-0.1, -0.05) is 121 Å². The number of benzene rings is 5. The van der Waals surface area contributed by atoms with Gasteiger partial charge in [0.25, 0.3) is 5.91 Å². The van der Waals surface area contributed by atoms with Crippen LogP contribution in [-0.2, 0) is 15.9 Å². The molecule has 37 heavy (non-hydrogen) atoms. The van der Waals surface area contributed by atoms with E-state index in [9.17, 15) is 14.3 Å². The lowest BCUT2D eigenvalue weighted by Crippen LogP contribution is -2.53. The van der Waals surface area contributed by atoms with Crippen molar-refractivity contribution in [3.05, 3.63) is 173 Å². The number of carbonyl (C=O) groups is 1. The van der Waals surface area contributed by atoms with Gasteiger partial charge in [0, 0.05) is 5.56 Å².